The van der Waals surface area contributed by atoms with Crippen molar-refractivity contribution in [2.75, 3.05) is 39.3 Å². The minimum atomic E-state index is 0. The highest BCUT2D eigenvalue weighted by molar-refractivity contribution is 14.0. The van der Waals surface area contributed by atoms with Gasteiger partial charge in [-0.2, -0.15) is 0 Å². The lowest BCUT2D eigenvalue weighted by Crippen LogP contribution is -2.54. The average molecular weight is 573 g/mol. The molecule has 1 N–H and O–H groups in total. The van der Waals surface area contributed by atoms with Crippen molar-refractivity contribution in [3.8, 4) is 0 Å². The number of benzene rings is 1. The number of hydrogen-bond acceptors (Lipinski definition) is 3. The first-order chi connectivity index (χ1) is 15.1. The van der Waals surface area contributed by atoms with Crippen molar-refractivity contribution in [2.45, 2.75) is 39.7 Å². The van der Waals surface area contributed by atoms with Gasteiger partial charge in [0.1, 0.15) is 5.82 Å². The largest absolute Gasteiger partial charge is 0.357 e. The molecule has 7 nitrogen and oxygen atoms in total. The second-order valence-electron chi connectivity index (χ2n) is 7.79. The molecule has 1 fully saturated rings. The zero-order valence-corrected chi connectivity index (χ0v) is 22.1. The molecule has 0 radical (unpaired) electrons. The van der Waals surface area contributed by atoms with E-state index < -0.39 is 0 Å². The average Bonchev–Trinajstić information content (AvgIpc) is 3.17. The highest BCUT2D eigenvalue weighted by Crippen LogP contribution is 2.13. The molecule has 0 aliphatic carbocycles. The Morgan fingerprint density at radius 1 is 1.19 bits per heavy atom. The van der Waals surface area contributed by atoms with E-state index in [1.54, 1.807) is 0 Å². The van der Waals surface area contributed by atoms with Gasteiger partial charge in [-0.1, -0.05) is 23.7 Å². The summed E-state index contributed by atoms with van der Waals surface area (Å²) in [6, 6.07) is 7.52. The van der Waals surface area contributed by atoms with Gasteiger partial charge >= 0.3 is 0 Å². The number of halogens is 2. The fraction of sp³-hybridized carbons (Fsp3) is 0.522. The van der Waals surface area contributed by atoms with Gasteiger partial charge in [0, 0.05) is 63.2 Å². The van der Waals surface area contributed by atoms with E-state index in [0.29, 0.717) is 24.5 Å². The number of imidazole rings is 1. The second-order valence-corrected chi connectivity index (χ2v) is 8.22. The van der Waals surface area contributed by atoms with Crippen LogP contribution in [0.2, 0.25) is 5.02 Å². The molecule has 32 heavy (non-hydrogen) atoms. The molecule has 0 bridgehead atoms. The van der Waals surface area contributed by atoms with E-state index in [4.69, 9.17) is 16.6 Å². The molecule has 0 saturated carbocycles. The lowest BCUT2D eigenvalue weighted by Gasteiger charge is -2.36. The molecule has 9 heteroatoms. The summed E-state index contributed by atoms with van der Waals surface area (Å²) in [5, 5.41) is 4.07. The summed E-state index contributed by atoms with van der Waals surface area (Å²) < 4.78 is 2.18. The van der Waals surface area contributed by atoms with Crippen molar-refractivity contribution in [2.24, 2.45) is 4.99 Å². The molecule has 176 valence electrons. The van der Waals surface area contributed by atoms with E-state index in [2.05, 4.69) is 26.7 Å². The Labute approximate surface area is 213 Å². The number of aryl methyl sites for hydroxylation is 2. The summed E-state index contributed by atoms with van der Waals surface area (Å²) in [4.78, 5) is 25.9. The Bertz CT molecular complexity index is 879. The van der Waals surface area contributed by atoms with Crippen LogP contribution in [0.25, 0.3) is 0 Å². The summed E-state index contributed by atoms with van der Waals surface area (Å²) in [7, 11) is 0. The summed E-state index contributed by atoms with van der Waals surface area (Å²) >= 11 is 6.04. The van der Waals surface area contributed by atoms with Gasteiger partial charge in [0.2, 0.25) is 5.91 Å². The number of unbranched alkanes of at least 4 members (excludes halogenated alkanes) is 1. The van der Waals surface area contributed by atoms with Crippen LogP contribution in [0.3, 0.4) is 0 Å². The van der Waals surface area contributed by atoms with Gasteiger partial charge in [-0.3, -0.25) is 9.79 Å². The van der Waals surface area contributed by atoms with Crippen molar-refractivity contribution in [1.82, 2.24) is 24.7 Å². The molecule has 1 saturated heterocycles. The molecule has 1 aromatic heterocycles. The number of piperazine rings is 1. The minimum Gasteiger partial charge on any atom is -0.357 e. The summed E-state index contributed by atoms with van der Waals surface area (Å²) in [5.74, 6) is 2.15. The van der Waals surface area contributed by atoms with Crippen LogP contribution < -0.4 is 5.32 Å². The van der Waals surface area contributed by atoms with Gasteiger partial charge in [-0.15, -0.1) is 24.0 Å². The first-order valence-corrected chi connectivity index (χ1v) is 11.5. The van der Waals surface area contributed by atoms with Crippen molar-refractivity contribution in [3.63, 3.8) is 0 Å². The maximum absolute atomic E-state index is 12.7. The van der Waals surface area contributed by atoms with E-state index in [-0.39, 0.29) is 29.9 Å². The Kier molecular flexibility index (Phi) is 11.3. The van der Waals surface area contributed by atoms with Gasteiger partial charge in [-0.05, 0) is 44.4 Å². The highest BCUT2D eigenvalue weighted by atomic mass is 127. The molecule has 2 aromatic rings. The van der Waals surface area contributed by atoms with Crippen LogP contribution in [-0.4, -0.2) is 70.5 Å². The molecule has 3 rings (SSSR count). The minimum absolute atomic E-state index is 0. The fourth-order valence-electron chi connectivity index (χ4n) is 3.75. The molecular formula is C23H34ClIN6O. The smallest absolute Gasteiger partial charge is 0.227 e. The van der Waals surface area contributed by atoms with E-state index in [9.17, 15) is 4.79 Å². The molecule has 0 spiro atoms. The topological polar surface area (TPSA) is 65.8 Å². The number of hydrogen-bond donors (Lipinski definition) is 1. The van der Waals surface area contributed by atoms with Gasteiger partial charge in [0.25, 0.3) is 0 Å². The third-order valence-corrected chi connectivity index (χ3v) is 5.74. The third kappa shape index (κ3) is 7.95. The van der Waals surface area contributed by atoms with E-state index >= 15 is 0 Å². The molecule has 1 aliphatic heterocycles. The predicted octanol–water partition coefficient (Wildman–Crippen LogP) is 3.60. The third-order valence-electron chi connectivity index (χ3n) is 5.50. The van der Waals surface area contributed by atoms with Crippen LogP contribution in [0.4, 0.5) is 0 Å². The number of amides is 1. The lowest BCUT2D eigenvalue weighted by atomic mass is 10.1. The van der Waals surface area contributed by atoms with Crippen molar-refractivity contribution >= 4 is 47.4 Å². The van der Waals surface area contributed by atoms with E-state index in [0.717, 1.165) is 62.9 Å². The van der Waals surface area contributed by atoms with E-state index in [1.807, 2.05) is 48.5 Å². The Hall–Kier alpha value is -1.81. The van der Waals surface area contributed by atoms with Crippen molar-refractivity contribution in [3.05, 3.63) is 53.1 Å². The van der Waals surface area contributed by atoms with Gasteiger partial charge in [0.05, 0.1) is 6.42 Å². The standard InChI is InChI=1S/C23H33ClN6O.HI/c1-3-25-23(27-9-4-5-11-28-12-10-26-19(28)2)30-15-13-29(14-16-30)22(31)18-20-7-6-8-21(24)17-20;/h6-8,10,12,17H,3-5,9,11,13-16,18H2,1-2H3,(H,25,27);1H. The zero-order valence-electron chi connectivity index (χ0n) is 19.0. The summed E-state index contributed by atoms with van der Waals surface area (Å²) in [5.41, 5.74) is 0.959. The molecule has 2 heterocycles. The zero-order chi connectivity index (χ0) is 22.1. The van der Waals surface area contributed by atoms with Crippen LogP contribution in [0, 0.1) is 6.92 Å². The Morgan fingerprint density at radius 2 is 1.94 bits per heavy atom. The number of guanidine groups is 1. The molecule has 0 unspecified atom stereocenters. The van der Waals surface area contributed by atoms with Crippen LogP contribution in [-0.2, 0) is 17.8 Å². The highest BCUT2D eigenvalue weighted by Gasteiger charge is 2.23. The predicted molar refractivity (Wildman–Crippen MR) is 141 cm³/mol. The van der Waals surface area contributed by atoms with E-state index in [1.165, 1.54) is 0 Å². The number of nitrogens with zero attached hydrogens (tertiary/aromatic N) is 5. The van der Waals surface area contributed by atoms with Gasteiger partial charge < -0.3 is 19.7 Å². The first kappa shape index (κ1) is 26.4. The number of carbonyl (C=O) groups excluding carboxylic acids is 1. The summed E-state index contributed by atoms with van der Waals surface area (Å²) in [6.45, 7) is 9.73. The first-order valence-electron chi connectivity index (χ1n) is 11.1. The molecule has 1 amide bonds. The number of carbonyl (C=O) groups is 1. The van der Waals surface area contributed by atoms with Gasteiger partial charge in [0.15, 0.2) is 5.96 Å². The Morgan fingerprint density at radius 3 is 2.59 bits per heavy atom. The number of aliphatic imine (C=N–C) groups is 1. The molecule has 1 aromatic carbocycles. The summed E-state index contributed by atoms with van der Waals surface area (Å²) in [6.07, 6.45) is 6.37. The van der Waals surface area contributed by atoms with Crippen LogP contribution in [0.15, 0.2) is 41.7 Å². The monoisotopic (exact) mass is 572 g/mol. The fourth-order valence-corrected chi connectivity index (χ4v) is 3.96. The maximum atomic E-state index is 12.7. The molecule has 0 atom stereocenters. The van der Waals surface area contributed by atoms with Crippen molar-refractivity contribution < 1.29 is 4.79 Å². The quantitative estimate of drug-likeness (QED) is 0.227. The lowest BCUT2D eigenvalue weighted by molar-refractivity contribution is -0.131. The van der Waals surface area contributed by atoms with Crippen LogP contribution >= 0.6 is 35.6 Å². The van der Waals surface area contributed by atoms with Crippen molar-refractivity contribution in [1.29, 1.82) is 0 Å². The van der Waals surface area contributed by atoms with Gasteiger partial charge in [-0.25, -0.2) is 4.98 Å². The number of rotatable bonds is 8. The number of nitrogens with one attached hydrogen (secondary N) is 1. The Balaban J connectivity index is 0.00000363. The number of aromatic nitrogens is 2. The second kappa shape index (κ2) is 13.7. The normalized spacial score (nSPS) is 14.3. The molecule has 1 aliphatic rings. The van der Waals surface area contributed by atoms with Crippen LogP contribution in [0.5, 0.6) is 0 Å². The van der Waals surface area contributed by atoms with Crippen LogP contribution in [0.1, 0.15) is 31.2 Å². The molecular weight excluding hydrogens is 539 g/mol. The maximum Gasteiger partial charge on any atom is 0.227 e. The SMILES string of the molecule is CCNC(=NCCCCn1ccnc1C)N1CCN(C(=O)Cc2cccc(Cl)c2)CC1.I.